The average Bonchev–Trinajstić information content (AvgIpc) is 2.35. The summed E-state index contributed by atoms with van der Waals surface area (Å²) < 4.78 is 40.1. The molecule has 0 saturated carbocycles. The summed E-state index contributed by atoms with van der Waals surface area (Å²) in [5.74, 6) is -3.71. The molecule has 0 heterocycles. The van der Waals surface area contributed by atoms with Gasteiger partial charge in [0.15, 0.2) is 17.5 Å². The zero-order valence-electron chi connectivity index (χ0n) is 8.68. The molecule has 0 aliphatic carbocycles. The molecule has 0 unspecified atom stereocenters. The van der Waals surface area contributed by atoms with Gasteiger partial charge in [-0.1, -0.05) is 36.4 Å². The van der Waals surface area contributed by atoms with Gasteiger partial charge in [0.25, 0.3) is 0 Å². The molecule has 0 atom stereocenters. The van der Waals surface area contributed by atoms with Crippen LogP contribution in [-0.2, 0) is 0 Å². The van der Waals surface area contributed by atoms with Crippen molar-refractivity contribution >= 4 is 21.5 Å². The van der Waals surface area contributed by atoms with Gasteiger partial charge >= 0.3 is 0 Å². The zero-order valence-corrected chi connectivity index (χ0v) is 8.68. The molecule has 0 aromatic heterocycles. The minimum absolute atomic E-state index is 0.127. The van der Waals surface area contributed by atoms with Gasteiger partial charge in [0.2, 0.25) is 0 Å². The Morgan fingerprint density at radius 2 is 1.41 bits per heavy atom. The second kappa shape index (κ2) is 3.48. The lowest BCUT2D eigenvalue weighted by Crippen LogP contribution is -1.92. The number of benzene rings is 3. The number of hydrogen-bond acceptors (Lipinski definition) is 0. The highest BCUT2D eigenvalue weighted by atomic mass is 19.2. The fraction of sp³-hybridized carbons (Fsp3) is 0. The van der Waals surface area contributed by atoms with Crippen LogP contribution >= 0.6 is 0 Å². The fourth-order valence-electron chi connectivity index (χ4n) is 2.07. The number of rotatable bonds is 0. The van der Waals surface area contributed by atoms with Crippen molar-refractivity contribution < 1.29 is 13.2 Å². The van der Waals surface area contributed by atoms with Crippen molar-refractivity contribution in [2.75, 3.05) is 0 Å². The first kappa shape index (κ1) is 10.1. The van der Waals surface area contributed by atoms with Crippen molar-refractivity contribution in [3.8, 4) is 0 Å². The van der Waals surface area contributed by atoms with Crippen LogP contribution in [0.2, 0.25) is 0 Å². The maximum Gasteiger partial charge on any atom is 0.195 e. The molecule has 17 heavy (non-hydrogen) atoms. The van der Waals surface area contributed by atoms with E-state index in [1.807, 2.05) is 6.07 Å². The Balaban J connectivity index is 2.62. The normalized spacial score (nSPS) is 11.2. The van der Waals surface area contributed by atoms with Crippen LogP contribution in [0, 0.1) is 17.5 Å². The van der Waals surface area contributed by atoms with E-state index < -0.39 is 17.5 Å². The molecule has 3 rings (SSSR count). The third kappa shape index (κ3) is 1.39. The summed E-state index contributed by atoms with van der Waals surface area (Å²) >= 11 is 0. The van der Waals surface area contributed by atoms with E-state index in [4.69, 9.17) is 0 Å². The maximum atomic E-state index is 13.8. The lowest BCUT2D eigenvalue weighted by atomic mass is 10.0. The highest BCUT2D eigenvalue weighted by molar-refractivity contribution is 6.07. The quantitative estimate of drug-likeness (QED) is 0.398. The Bertz CT molecular complexity index is 732. The molecule has 0 bridgehead atoms. The van der Waals surface area contributed by atoms with Gasteiger partial charge in [0.05, 0.1) is 0 Å². The molecule has 3 aromatic rings. The first-order valence-electron chi connectivity index (χ1n) is 5.13. The molecule has 0 fully saturated rings. The molecule has 0 saturated heterocycles. The van der Waals surface area contributed by atoms with Gasteiger partial charge in [-0.15, -0.1) is 0 Å². The Hall–Kier alpha value is -2.03. The van der Waals surface area contributed by atoms with Crippen molar-refractivity contribution in [1.29, 1.82) is 0 Å². The van der Waals surface area contributed by atoms with E-state index in [0.29, 0.717) is 10.8 Å². The van der Waals surface area contributed by atoms with Crippen molar-refractivity contribution in [1.82, 2.24) is 0 Å². The molecule has 0 aliphatic rings. The zero-order chi connectivity index (χ0) is 12.0. The highest BCUT2D eigenvalue weighted by Gasteiger charge is 2.15. The highest BCUT2D eigenvalue weighted by Crippen LogP contribution is 2.30. The van der Waals surface area contributed by atoms with Crippen molar-refractivity contribution in [3.05, 3.63) is 59.9 Å². The van der Waals surface area contributed by atoms with Crippen LogP contribution in [0.25, 0.3) is 21.5 Å². The third-order valence-electron chi connectivity index (χ3n) is 2.87. The summed E-state index contributed by atoms with van der Waals surface area (Å²) in [7, 11) is 0. The second-order valence-electron chi connectivity index (χ2n) is 3.87. The summed E-state index contributed by atoms with van der Waals surface area (Å²) in [5.41, 5.74) is 0. The van der Waals surface area contributed by atoms with Crippen LogP contribution in [0.1, 0.15) is 0 Å². The van der Waals surface area contributed by atoms with Crippen molar-refractivity contribution in [2.24, 2.45) is 0 Å². The van der Waals surface area contributed by atoms with E-state index in [1.165, 1.54) is 0 Å². The van der Waals surface area contributed by atoms with Gasteiger partial charge in [0, 0.05) is 5.39 Å². The van der Waals surface area contributed by atoms with Crippen LogP contribution in [-0.4, -0.2) is 0 Å². The summed E-state index contributed by atoms with van der Waals surface area (Å²) in [5, 5.41) is 1.87. The number of halogens is 3. The average molecular weight is 232 g/mol. The smallest absolute Gasteiger partial charge is 0.195 e. The van der Waals surface area contributed by atoms with E-state index in [2.05, 4.69) is 0 Å². The first-order valence-corrected chi connectivity index (χ1v) is 5.13. The molecular weight excluding hydrogens is 225 g/mol. The second-order valence-corrected chi connectivity index (χ2v) is 3.87. The SMILES string of the molecule is Fc1cc2ccc3ccccc3c2c(F)c1F. The van der Waals surface area contributed by atoms with Crippen LogP contribution < -0.4 is 0 Å². The molecule has 3 heteroatoms. The molecule has 0 N–H and O–H groups in total. The van der Waals surface area contributed by atoms with E-state index in [9.17, 15) is 13.2 Å². The molecule has 84 valence electrons. The van der Waals surface area contributed by atoms with Crippen LogP contribution in [0.15, 0.2) is 42.5 Å². The van der Waals surface area contributed by atoms with Crippen LogP contribution in [0.3, 0.4) is 0 Å². The van der Waals surface area contributed by atoms with Crippen molar-refractivity contribution in [3.63, 3.8) is 0 Å². The lowest BCUT2D eigenvalue weighted by Gasteiger charge is -2.06. The monoisotopic (exact) mass is 232 g/mol. The summed E-state index contributed by atoms with van der Waals surface area (Å²) in [4.78, 5) is 0. The molecule has 0 nitrogen and oxygen atoms in total. The first-order chi connectivity index (χ1) is 8.18. The number of hydrogen-bond donors (Lipinski definition) is 0. The van der Waals surface area contributed by atoms with Gasteiger partial charge in [0.1, 0.15) is 0 Å². The standard InChI is InChI=1S/C14H7F3/c15-11-7-9-6-5-8-3-1-2-4-10(8)12(9)14(17)13(11)16/h1-7H. The van der Waals surface area contributed by atoms with Crippen LogP contribution in [0.5, 0.6) is 0 Å². The third-order valence-corrected chi connectivity index (χ3v) is 2.87. The molecule has 0 amide bonds. The van der Waals surface area contributed by atoms with E-state index in [-0.39, 0.29) is 5.39 Å². The lowest BCUT2D eigenvalue weighted by molar-refractivity contribution is 0.454. The van der Waals surface area contributed by atoms with E-state index in [1.54, 1.807) is 30.3 Å². The van der Waals surface area contributed by atoms with Gasteiger partial charge in [-0.3, -0.25) is 0 Å². The molecular formula is C14H7F3. The molecule has 0 radical (unpaired) electrons. The van der Waals surface area contributed by atoms with Gasteiger partial charge in [-0.2, -0.15) is 0 Å². The predicted octanol–water partition coefficient (Wildman–Crippen LogP) is 4.41. The molecule has 0 spiro atoms. The molecule has 0 aliphatic heterocycles. The summed E-state index contributed by atoms with van der Waals surface area (Å²) in [6.45, 7) is 0. The molecule has 3 aromatic carbocycles. The van der Waals surface area contributed by atoms with Crippen molar-refractivity contribution in [2.45, 2.75) is 0 Å². The Morgan fingerprint density at radius 3 is 2.24 bits per heavy atom. The van der Waals surface area contributed by atoms with Gasteiger partial charge < -0.3 is 0 Å². The largest absolute Gasteiger partial charge is 0.204 e. The number of fused-ring (bicyclic) bond motifs is 3. The van der Waals surface area contributed by atoms with E-state index in [0.717, 1.165) is 11.5 Å². The fourth-order valence-corrected chi connectivity index (χ4v) is 2.07. The maximum absolute atomic E-state index is 13.8. The Kier molecular flexibility index (Phi) is 2.08. The minimum Gasteiger partial charge on any atom is -0.204 e. The van der Waals surface area contributed by atoms with Crippen LogP contribution in [0.4, 0.5) is 13.2 Å². The minimum atomic E-state index is -1.42. The van der Waals surface area contributed by atoms with E-state index >= 15 is 0 Å². The predicted molar refractivity (Wildman–Crippen MR) is 61.3 cm³/mol. The van der Waals surface area contributed by atoms with Gasteiger partial charge in [-0.05, 0) is 22.2 Å². The summed E-state index contributed by atoms with van der Waals surface area (Å²) in [6.07, 6.45) is 0. The summed E-state index contributed by atoms with van der Waals surface area (Å²) in [6, 6.07) is 11.4. The topological polar surface area (TPSA) is 0 Å². The Morgan fingerprint density at radius 1 is 0.706 bits per heavy atom. The Labute approximate surface area is 95.3 Å². The van der Waals surface area contributed by atoms with Gasteiger partial charge in [-0.25, -0.2) is 13.2 Å².